The highest BCUT2D eigenvalue weighted by atomic mass is 32.1. The molecule has 1 aliphatic heterocycles. The van der Waals surface area contributed by atoms with E-state index in [1.807, 2.05) is 24.3 Å². The van der Waals surface area contributed by atoms with Gasteiger partial charge in [0.25, 0.3) is 11.1 Å². The van der Waals surface area contributed by atoms with Crippen LogP contribution in [0.5, 0.6) is 5.19 Å². The van der Waals surface area contributed by atoms with Gasteiger partial charge >= 0.3 is 0 Å². The van der Waals surface area contributed by atoms with Crippen molar-refractivity contribution < 1.29 is 22.8 Å². The van der Waals surface area contributed by atoms with Gasteiger partial charge in [0, 0.05) is 36.3 Å². The van der Waals surface area contributed by atoms with Crippen LogP contribution in [0.15, 0.2) is 28.8 Å². The lowest BCUT2D eigenvalue weighted by atomic mass is 9.84. The molecule has 2 aliphatic rings. The Balaban J connectivity index is 1.02. The predicted octanol–water partition coefficient (Wildman–Crippen LogP) is 4.98. The lowest BCUT2D eigenvalue weighted by Crippen LogP contribution is -2.39. The van der Waals surface area contributed by atoms with Crippen LogP contribution in [0.3, 0.4) is 0 Å². The molecule has 3 aromatic rings. The number of thiazole rings is 1. The van der Waals surface area contributed by atoms with E-state index < -0.39 is 12.5 Å². The Labute approximate surface area is 213 Å². The standard InChI is InChI=1S/C26H32F2N4O3S/c1-26(27,28)16-34-25-30-21-15-32(13-11-23(21)36-25)12-10-17-6-8-18(9-7-17)29-24(33)14-20-19-4-2-3-5-22(19)35-31-20/h2-5,17-18H,6-16H2,1H3,(H,29,33). The number of rotatable bonds is 9. The molecule has 194 valence electrons. The summed E-state index contributed by atoms with van der Waals surface area (Å²) in [5, 5.41) is 8.49. The zero-order valence-electron chi connectivity index (χ0n) is 20.5. The maximum absolute atomic E-state index is 13.1. The number of aromatic nitrogens is 2. The van der Waals surface area contributed by atoms with E-state index in [0.29, 0.717) is 22.4 Å². The molecule has 0 radical (unpaired) electrons. The van der Waals surface area contributed by atoms with Crippen LogP contribution >= 0.6 is 11.3 Å². The summed E-state index contributed by atoms with van der Waals surface area (Å²) in [6, 6.07) is 7.81. The van der Waals surface area contributed by atoms with E-state index in [9.17, 15) is 13.6 Å². The molecular weight excluding hydrogens is 486 g/mol. The molecule has 0 spiro atoms. The van der Waals surface area contributed by atoms with Crippen molar-refractivity contribution in [2.45, 2.75) is 70.4 Å². The highest BCUT2D eigenvalue weighted by Gasteiger charge is 2.27. The highest BCUT2D eigenvalue weighted by Crippen LogP contribution is 2.32. The van der Waals surface area contributed by atoms with Gasteiger partial charge < -0.3 is 14.6 Å². The minimum Gasteiger partial charge on any atom is -0.464 e. The Morgan fingerprint density at radius 3 is 2.89 bits per heavy atom. The lowest BCUT2D eigenvalue weighted by molar-refractivity contribution is -0.121. The first-order valence-corrected chi connectivity index (χ1v) is 13.5. The van der Waals surface area contributed by atoms with E-state index in [1.165, 1.54) is 11.3 Å². The van der Waals surface area contributed by atoms with E-state index in [4.69, 9.17) is 9.26 Å². The van der Waals surface area contributed by atoms with Crippen molar-refractivity contribution in [1.29, 1.82) is 0 Å². The first-order valence-electron chi connectivity index (χ1n) is 12.7. The number of benzene rings is 1. The van der Waals surface area contributed by atoms with Gasteiger partial charge in [0.1, 0.15) is 5.69 Å². The second kappa shape index (κ2) is 10.8. The molecule has 5 rings (SSSR count). The summed E-state index contributed by atoms with van der Waals surface area (Å²) in [5.74, 6) is -2.21. The van der Waals surface area contributed by atoms with Crippen molar-refractivity contribution >= 4 is 28.2 Å². The number of fused-ring (bicyclic) bond motifs is 2. The number of halogens is 2. The molecular formula is C26H32F2N4O3S. The number of para-hydroxylation sites is 1. The average molecular weight is 519 g/mol. The van der Waals surface area contributed by atoms with Crippen LogP contribution in [-0.2, 0) is 24.2 Å². The molecule has 3 heterocycles. The second-order valence-electron chi connectivity index (χ2n) is 10.1. The van der Waals surface area contributed by atoms with Crippen LogP contribution < -0.4 is 10.1 Å². The third-order valence-corrected chi connectivity index (χ3v) is 8.15. The molecule has 0 unspecified atom stereocenters. The van der Waals surface area contributed by atoms with Gasteiger partial charge in [-0.05, 0) is 63.1 Å². The number of nitrogens with zero attached hydrogens (tertiary/aromatic N) is 3. The molecule has 0 saturated heterocycles. The molecule has 0 bridgehead atoms. The first kappa shape index (κ1) is 25.1. The van der Waals surface area contributed by atoms with E-state index >= 15 is 0 Å². The lowest BCUT2D eigenvalue weighted by Gasteiger charge is -2.32. The fourth-order valence-electron chi connectivity index (χ4n) is 5.13. The van der Waals surface area contributed by atoms with Gasteiger partial charge in [0.15, 0.2) is 12.2 Å². The quantitative estimate of drug-likeness (QED) is 0.430. The minimum atomic E-state index is -2.86. The van der Waals surface area contributed by atoms with Crippen molar-refractivity contribution in [3.05, 3.63) is 40.5 Å². The molecule has 1 N–H and O–H groups in total. The monoisotopic (exact) mass is 518 g/mol. The Hall–Kier alpha value is -2.59. The Kier molecular flexibility index (Phi) is 7.52. The van der Waals surface area contributed by atoms with Crippen LogP contribution in [-0.4, -0.2) is 52.6 Å². The van der Waals surface area contributed by atoms with Crippen LogP contribution in [0, 0.1) is 5.92 Å². The summed E-state index contributed by atoms with van der Waals surface area (Å²) in [6.45, 7) is 2.93. The maximum Gasteiger partial charge on any atom is 0.278 e. The van der Waals surface area contributed by atoms with E-state index in [-0.39, 0.29) is 18.4 Å². The first-order chi connectivity index (χ1) is 17.3. The topological polar surface area (TPSA) is 80.5 Å². The molecule has 1 fully saturated rings. The Bertz CT molecular complexity index is 1180. The molecule has 2 aromatic heterocycles. The van der Waals surface area contributed by atoms with Crippen molar-refractivity contribution in [1.82, 2.24) is 20.4 Å². The van der Waals surface area contributed by atoms with Gasteiger partial charge in [-0.1, -0.05) is 28.6 Å². The van der Waals surface area contributed by atoms with Gasteiger partial charge in [-0.3, -0.25) is 9.69 Å². The summed E-state index contributed by atoms with van der Waals surface area (Å²) in [7, 11) is 0. The third kappa shape index (κ3) is 6.39. The average Bonchev–Trinajstić information content (AvgIpc) is 3.45. The van der Waals surface area contributed by atoms with Crippen molar-refractivity contribution in [3.8, 4) is 5.19 Å². The number of carbonyl (C=O) groups is 1. The molecule has 1 saturated carbocycles. The normalized spacial score (nSPS) is 20.9. The van der Waals surface area contributed by atoms with Crippen molar-refractivity contribution in [2.75, 3.05) is 19.7 Å². The van der Waals surface area contributed by atoms with Crippen molar-refractivity contribution in [2.24, 2.45) is 5.92 Å². The molecule has 0 atom stereocenters. The van der Waals surface area contributed by atoms with Crippen LogP contribution in [0.1, 0.15) is 55.3 Å². The molecule has 1 aromatic carbocycles. The van der Waals surface area contributed by atoms with E-state index in [2.05, 4.69) is 20.4 Å². The van der Waals surface area contributed by atoms with Gasteiger partial charge in [-0.2, -0.15) is 0 Å². The second-order valence-corrected chi connectivity index (χ2v) is 11.2. The van der Waals surface area contributed by atoms with Crippen LogP contribution in [0.2, 0.25) is 0 Å². The molecule has 36 heavy (non-hydrogen) atoms. The smallest absolute Gasteiger partial charge is 0.278 e. The van der Waals surface area contributed by atoms with Gasteiger partial charge in [-0.25, -0.2) is 13.8 Å². The fourth-order valence-corrected chi connectivity index (χ4v) is 6.03. The Morgan fingerprint density at radius 2 is 2.08 bits per heavy atom. The van der Waals surface area contributed by atoms with Crippen molar-refractivity contribution in [3.63, 3.8) is 0 Å². The number of hydrogen-bond donors (Lipinski definition) is 1. The number of carbonyl (C=O) groups excluding carboxylic acids is 1. The zero-order valence-corrected chi connectivity index (χ0v) is 21.3. The number of amides is 1. The highest BCUT2D eigenvalue weighted by molar-refractivity contribution is 7.13. The fraction of sp³-hybridized carbons (Fsp3) is 0.577. The molecule has 7 nitrogen and oxygen atoms in total. The van der Waals surface area contributed by atoms with Gasteiger partial charge in [0.2, 0.25) is 5.91 Å². The molecule has 1 aliphatic carbocycles. The van der Waals surface area contributed by atoms with Crippen LogP contribution in [0.25, 0.3) is 11.0 Å². The number of hydrogen-bond acceptors (Lipinski definition) is 7. The SMILES string of the molecule is CC(F)(F)COc1nc2c(s1)CCN(CCC1CCC(NC(=O)Cc3noc4ccccc34)CC1)C2. The van der Waals surface area contributed by atoms with Gasteiger partial charge in [-0.15, -0.1) is 0 Å². The third-order valence-electron chi connectivity index (χ3n) is 7.08. The number of nitrogens with one attached hydrogen (secondary N) is 1. The summed E-state index contributed by atoms with van der Waals surface area (Å²) >= 11 is 1.39. The minimum absolute atomic E-state index is 0.00380. The largest absolute Gasteiger partial charge is 0.464 e. The Morgan fingerprint density at radius 1 is 1.28 bits per heavy atom. The molecule has 1 amide bonds. The van der Waals surface area contributed by atoms with E-state index in [1.54, 1.807) is 0 Å². The summed E-state index contributed by atoms with van der Waals surface area (Å²) < 4.78 is 36.6. The zero-order chi connectivity index (χ0) is 25.1. The summed E-state index contributed by atoms with van der Waals surface area (Å²) in [6.07, 6.45) is 6.45. The molecule has 10 heteroatoms. The van der Waals surface area contributed by atoms with Gasteiger partial charge in [0.05, 0.1) is 12.1 Å². The summed E-state index contributed by atoms with van der Waals surface area (Å²) in [5.41, 5.74) is 2.35. The number of ether oxygens (including phenoxy) is 1. The summed E-state index contributed by atoms with van der Waals surface area (Å²) in [4.78, 5) is 20.6. The maximum atomic E-state index is 13.1. The van der Waals surface area contributed by atoms with Crippen LogP contribution in [0.4, 0.5) is 8.78 Å². The van der Waals surface area contributed by atoms with E-state index in [0.717, 1.165) is 81.0 Å². The predicted molar refractivity (Wildman–Crippen MR) is 133 cm³/mol. The number of alkyl halides is 2.